The van der Waals surface area contributed by atoms with E-state index in [0.717, 1.165) is 12.1 Å². The summed E-state index contributed by atoms with van der Waals surface area (Å²) in [7, 11) is 0. The Balaban J connectivity index is 1.97. The largest absolute Gasteiger partial charge is 0.493 e. The normalized spacial score (nSPS) is 11.9. The second kappa shape index (κ2) is 6.83. The maximum atomic E-state index is 13.0. The number of carbonyl (C=O) groups is 1. The minimum atomic E-state index is -0.995. The molecule has 0 amide bonds. The highest BCUT2D eigenvalue weighted by Crippen LogP contribution is 2.21. The average molecular weight is 292 g/mol. The lowest BCUT2D eigenvalue weighted by Gasteiger charge is -2.13. The van der Waals surface area contributed by atoms with Crippen molar-refractivity contribution in [2.24, 2.45) is 0 Å². The van der Waals surface area contributed by atoms with Gasteiger partial charge in [0.1, 0.15) is 5.75 Å². The van der Waals surface area contributed by atoms with Crippen LogP contribution in [0.4, 0.5) is 8.78 Å². The molecule has 110 valence electrons. The third kappa shape index (κ3) is 4.02. The van der Waals surface area contributed by atoms with Crippen molar-refractivity contribution in [3.05, 3.63) is 65.7 Å². The Bertz CT molecular complexity index is 614. The van der Waals surface area contributed by atoms with E-state index >= 15 is 0 Å². The Kier molecular flexibility index (Phi) is 4.87. The molecule has 3 nitrogen and oxygen atoms in total. The molecule has 0 aliphatic rings. The third-order valence-electron chi connectivity index (χ3n) is 3.07. The molecule has 0 aliphatic carbocycles. The molecular weight excluding hydrogens is 278 g/mol. The van der Waals surface area contributed by atoms with Crippen molar-refractivity contribution >= 4 is 5.97 Å². The number of ether oxygens (including phenoxy) is 1. The van der Waals surface area contributed by atoms with Crippen molar-refractivity contribution in [1.82, 2.24) is 0 Å². The van der Waals surface area contributed by atoms with Crippen LogP contribution < -0.4 is 4.74 Å². The van der Waals surface area contributed by atoms with Crippen LogP contribution in [0.5, 0.6) is 5.75 Å². The first kappa shape index (κ1) is 15.0. The molecule has 21 heavy (non-hydrogen) atoms. The minimum Gasteiger partial charge on any atom is -0.493 e. The van der Waals surface area contributed by atoms with Gasteiger partial charge in [0.05, 0.1) is 12.5 Å². The zero-order chi connectivity index (χ0) is 15.2. The lowest BCUT2D eigenvalue weighted by atomic mass is 9.96. The first-order valence-electron chi connectivity index (χ1n) is 6.43. The predicted octanol–water partition coefficient (Wildman–Crippen LogP) is 3.60. The summed E-state index contributed by atoms with van der Waals surface area (Å²) in [5.74, 6) is -3.42. The van der Waals surface area contributed by atoms with Gasteiger partial charge in [-0.05, 0) is 24.1 Å². The van der Waals surface area contributed by atoms with Crippen molar-refractivity contribution in [2.75, 3.05) is 6.61 Å². The summed E-state index contributed by atoms with van der Waals surface area (Å²) < 4.78 is 31.1. The van der Waals surface area contributed by atoms with Crippen LogP contribution in [0.3, 0.4) is 0 Å². The highest BCUT2D eigenvalue weighted by atomic mass is 19.2. The molecule has 0 spiro atoms. The predicted molar refractivity (Wildman–Crippen MR) is 73.3 cm³/mol. The maximum absolute atomic E-state index is 13.0. The second-order valence-electron chi connectivity index (χ2n) is 4.51. The average Bonchev–Trinajstić information content (AvgIpc) is 2.48. The van der Waals surface area contributed by atoms with Crippen molar-refractivity contribution in [1.29, 1.82) is 0 Å². The highest BCUT2D eigenvalue weighted by Gasteiger charge is 2.19. The molecule has 0 saturated carbocycles. The molecule has 2 rings (SSSR count). The van der Waals surface area contributed by atoms with Gasteiger partial charge >= 0.3 is 5.97 Å². The summed E-state index contributed by atoms with van der Waals surface area (Å²) in [6, 6.07) is 12.0. The topological polar surface area (TPSA) is 46.5 Å². The number of halogens is 2. The van der Waals surface area contributed by atoms with Gasteiger partial charge in [-0.15, -0.1) is 0 Å². The maximum Gasteiger partial charge on any atom is 0.311 e. The summed E-state index contributed by atoms with van der Waals surface area (Å²) in [4.78, 5) is 11.3. The summed E-state index contributed by atoms with van der Waals surface area (Å²) in [5.41, 5.74) is 0.680. The van der Waals surface area contributed by atoms with Gasteiger partial charge < -0.3 is 9.84 Å². The van der Waals surface area contributed by atoms with Crippen molar-refractivity contribution in [3.63, 3.8) is 0 Å². The van der Waals surface area contributed by atoms with E-state index in [-0.39, 0.29) is 18.8 Å². The minimum absolute atomic E-state index is 0.0942. The van der Waals surface area contributed by atoms with Gasteiger partial charge in [0.2, 0.25) is 0 Å². The van der Waals surface area contributed by atoms with Gasteiger partial charge in [0, 0.05) is 6.07 Å². The van der Waals surface area contributed by atoms with E-state index < -0.39 is 23.5 Å². The van der Waals surface area contributed by atoms with Crippen LogP contribution >= 0.6 is 0 Å². The number of carboxylic acid groups (broad SMARTS) is 1. The number of benzene rings is 2. The Morgan fingerprint density at radius 2 is 1.81 bits per heavy atom. The second-order valence-corrected chi connectivity index (χ2v) is 4.51. The lowest BCUT2D eigenvalue weighted by molar-refractivity contribution is -0.139. The molecule has 0 aromatic heterocycles. The Morgan fingerprint density at radius 3 is 2.43 bits per heavy atom. The number of carboxylic acids is 1. The summed E-state index contributed by atoms with van der Waals surface area (Å²) in [6.07, 6.45) is 0.234. The number of hydrogen-bond donors (Lipinski definition) is 1. The Labute approximate surface area is 120 Å². The smallest absolute Gasteiger partial charge is 0.311 e. The molecule has 1 unspecified atom stereocenters. The Morgan fingerprint density at radius 1 is 1.10 bits per heavy atom. The molecule has 2 aromatic carbocycles. The fourth-order valence-electron chi connectivity index (χ4n) is 1.98. The van der Waals surface area contributed by atoms with Gasteiger partial charge in [-0.2, -0.15) is 0 Å². The van der Waals surface area contributed by atoms with Crippen LogP contribution in [0.2, 0.25) is 0 Å². The molecule has 0 bridgehead atoms. The molecular formula is C16H14F2O3. The van der Waals surface area contributed by atoms with Crippen LogP contribution in [0, 0.1) is 11.6 Å². The standard InChI is InChI=1S/C16H14F2O3/c17-14-7-6-12(10-15(14)18)21-9-8-13(16(19)20)11-4-2-1-3-5-11/h1-7,10,13H,8-9H2,(H,19,20). The quantitative estimate of drug-likeness (QED) is 0.884. The van der Waals surface area contributed by atoms with Crippen LogP contribution in [0.25, 0.3) is 0 Å². The SMILES string of the molecule is O=C(O)C(CCOc1ccc(F)c(F)c1)c1ccccc1. The molecule has 1 atom stereocenters. The number of aliphatic carboxylic acids is 1. The molecule has 1 N–H and O–H groups in total. The first-order valence-corrected chi connectivity index (χ1v) is 6.43. The van der Waals surface area contributed by atoms with Crippen LogP contribution in [0.1, 0.15) is 17.9 Å². The van der Waals surface area contributed by atoms with Crippen LogP contribution in [0.15, 0.2) is 48.5 Å². The van der Waals surface area contributed by atoms with Crippen molar-refractivity contribution < 1.29 is 23.4 Å². The van der Waals surface area contributed by atoms with E-state index in [1.165, 1.54) is 6.07 Å². The molecule has 2 aromatic rings. The molecule has 0 heterocycles. The molecule has 0 aliphatic heterocycles. The van der Waals surface area contributed by atoms with Crippen molar-refractivity contribution in [2.45, 2.75) is 12.3 Å². The summed E-state index contributed by atoms with van der Waals surface area (Å²) in [6.45, 7) is 0.0942. The zero-order valence-corrected chi connectivity index (χ0v) is 11.1. The zero-order valence-electron chi connectivity index (χ0n) is 11.1. The molecule has 5 heteroatoms. The fraction of sp³-hybridized carbons (Fsp3) is 0.188. The lowest BCUT2D eigenvalue weighted by Crippen LogP contribution is -2.15. The number of hydrogen-bond acceptors (Lipinski definition) is 2. The molecule has 0 radical (unpaired) electrons. The third-order valence-corrected chi connectivity index (χ3v) is 3.07. The highest BCUT2D eigenvalue weighted by molar-refractivity contribution is 5.76. The summed E-state index contributed by atoms with van der Waals surface area (Å²) in [5, 5.41) is 9.24. The van der Waals surface area contributed by atoms with Crippen LogP contribution in [-0.2, 0) is 4.79 Å². The van der Waals surface area contributed by atoms with Crippen LogP contribution in [-0.4, -0.2) is 17.7 Å². The molecule has 0 saturated heterocycles. The Hall–Kier alpha value is -2.43. The van der Waals surface area contributed by atoms with E-state index in [4.69, 9.17) is 4.74 Å². The van der Waals surface area contributed by atoms with Gasteiger partial charge in [-0.1, -0.05) is 30.3 Å². The molecule has 0 fully saturated rings. The van der Waals surface area contributed by atoms with Gasteiger partial charge in [-0.3, -0.25) is 4.79 Å². The van der Waals surface area contributed by atoms with Gasteiger partial charge in [0.25, 0.3) is 0 Å². The van der Waals surface area contributed by atoms with E-state index in [1.54, 1.807) is 30.3 Å². The van der Waals surface area contributed by atoms with Gasteiger partial charge in [0.15, 0.2) is 11.6 Å². The van der Waals surface area contributed by atoms with E-state index in [9.17, 15) is 18.7 Å². The summed E-state index contributed by atoms with van der Waals surface area (Å²) >= 11 is 0. The monoisotopic (exact) mass is 292 g/mol. The van der Waals surface area contributed by atoms with E-state index in [1.807, 2.05) is 0 Å². The van der Waals surface area contributed by atoms with E-state index in [0.29, 0.717) is 5.56 Å². The first-order chi connectivity index (χ1) is 10.1. The fourth-order valence-corrected chi connectivity index (χ4v) is 1.98. The van der Waals surface area contributed by atoms with Gasteiger partial charge in [-0.25, -0.2) is 8.78 Å². The van der Waals surface area contributed by atoms with E-state index in [2.05, 4.69) is 0 Å². The number of rotatable bonds is 6. The van der Waals surface area contributed by atoms with Crippen molar-refractivity contribution in [3.8, 4) is 5.75 Å².